The number of aromatic nitrogens is 2. The highest BCUT2D eigenvalue weighted by Crippen LogP contribution is 2.24. The summed E-state index contributed by atoms with van der Waals surface area (Å²) < 4.78 is 7.62. The molecule has 0 saturated heterocycles. The highest BCUT2D eigenvalue weighted by atomic mass is 16.3. The molecule has 0 aromatic carbocycles. The van der Waals surface area contributed by atoms with Crippen LogP contribution in [0.5, 0.6) is 0 Å². The molecule has 0 saturated carbocycles. The van der Waals surface area contributed by atoms with E-state index < -0.39 is 0 Å². The van der Waals surface area contributed by atoms with Crippen LogP contribution in [-0.4, -0.2) is 22.9 Å². The van der Waals surface area contributed by atoms with Crippen molar-refractivity contribution in [2.75, 3.05) is 11.9 Å². The fourth-order valence-electron chi connectivity index (χ4n) is 2.56. The normalized spacial score (nSPS) is 11.4. The molecular weight excluding hydrogens is 264 g/mol. The molecule has 0 aliphatic carbocycles. The van der Waals surface area contributed by atoms with Crippen molar-refractivity contribution in [1.29, 1.82) is 0 Å². The topological polar surface area (TPSA) is 46.2 Å². The number of aryl methyl sites for hydroxylation is 3. The van der Waals surface area contributed by atoms with Crippen molar-refractivity contribution < 1.29 is 4.42 Å². The minimum absolute atomic E-state index is 0.454. The van der Waals surface area contributed by atoms with Gasteiger partial charge in [-0.1, -0.05) is 13.8 Å². The first kappa shape index (κ1) is 15.6. The van der Waals surface area contributed by atoms with Gasteiger partial charge < -0.3 is 14.6 Å². The Morgan fingerprint density at radius 2 is 2.05 bits per heavy atom. The van der Waals surface area contributed by atoms with Gasteiger partial charge in [0.2, 0.25) is 0 Å². The van der Waals surface area contributed by atoms with Gasteiger partial charge in [0.1, 0.15) is 17.3 Å². The lowest BCUT2D eigenvalue weighted by molar-refractivity contribution is 0.479. The molecule has 0 fully saturated rings. The van der Waals surface area contributed by atoms with E-state index in [0.717, 1.165) is 36.1 Å². The second kappa shape index (κ2) is 6.35. The van der Waals surface area contributed by atoms with Gasteiger partial charge in [0.15, 0.2) is 0 Å². The molecule has 1 N–H and O–H groups in total. The SMILES string of the molecule is Cc1ccc(CN(C)c2c(CNC(C)C)c(C)nn2C)o1. The van der Waals surface area contributed by atoms with Gasteiger partial charge in [-0.3, -0.25) is 4.68 Å². The number of anilines is 1. The van der Waals surface area contributed by atoms with Crippen molar-refractivity contribution >= 4 is 5.82 Å². The average Bonchev–Trinajstić information content (AvgIpc) is 2.90. The van der Waals surface area contributed by atoms with Gasteiger partial charge in [0.05, 0.1) is 12.2 Å². The smallest absolute Gasteiger partial charge is 0.131 e. The molecule has 2 rings (SSSR count). The lowest BCUT2D eigenvalue weighted by Crippen LogP contribution is -2.25. The molecule has 0 bridgehead atoms. The largest absolute Gasteiger partial charge is 0.464 e. The van der Waals surface area contributed by atoms with E-state index in [1.807, 2.05) is 30.8 Å². The third-order valence-electron chi connectivity index (χ3n) is 3.55. The number of hydrogen-bond donors (Lipinski definition) is 1. The summed E-state index contributed by atoms with van der Waals surface area (Å²) >= 11 is 0. The molecule has 0 radical (unpaired) electrons. The van der Waals surface area contributed by atoms with Crippen LogP contribution in [0.2, 0.25) is 0 Å². The second-order valence-corrected chi connectivity index (χ2v) is 5.92. The standard InChI is InChI=1S/C16H26N4O/c1-11(2)17-9-15-13(4)18-20(6)16(15)19(5)10-14-8-7-12(3)21-14/h7-8,11,17H,9-10H2,1-6H3. The summed E-state index contributed by atoms with van der Waals surface area (Å²) in [6, 6.07) is 4.48. The molecule has 21 heavy (non-hydrogen) atoms. The fraction of sp³-hybridized carbons (Fsp3) is 0.562. The highest BCUT2D eigenvalue weighted by Gasteiger charge is 2.18. The fourth-order valence-corrected chi connectivity index (χ4v) is 2.56. The van der Waals surface area contributed by atoms with Crippen LogP contribution >= 0.6 is 0 Å². The Morgan fingerprint density at radius 1 is 1.33 bits per heavy atom. The van der Waals surface area contributed by atoms with Crippen molar-refractivity contribution in [1.82, 2.24) is 15.1 Å². The van der Waals surface area contributed by atoms with E-state index in [1.54, 1.807) is 0 Å². The first-order valence-corrected chi connectivity index (χ1v) is 7.40. The summed E-state index contributed by atoms with van der Waals surface area (Å²) in [4.78, 5) is 2.19. The van der Waals surface area contributed by atoms with Crippen LogP contribution in [0.3, 0.4) is 0 Å². The Balaban J connectivity index is 2.20. The summed E-state index contributed by atoms with van der Waals surface area (Å²) in [6.07, 6.45) is 0. The van der Waals surface area contributed by atoms with Crippen molar-refractivity contribution in [2.45, 2.75) is 46.8 Å². The number of rotatable bonds is 6. The lowest BCUT2D eigenvalue weighted by atomic mass is 10.2. The van der Waals surface area contributed by atoms with Gasteiger partial charge in [-0.15, -0.1) is 0 Å². The van der Waals surface area contributed by atoms with Crippen LogP contribution in [0.4, 0.5) is 5.82 Å². The van der Waals surface area contributed by atoms with Crippen LogP contribution < -0.4 is 10.2 Å². The van der Waals surface area contributed by atoms with Crippen molar-refractivity contribution in [3.8, 4) is 0 Å². The van der Waals surface area contributed by atoms with Gasteiger partial charge >= 0.3 is 0 Å². The maximum Gasteiger partial charge on any atom is 0.131 e. The third-order valence-corrected chi connectivity index (χ3v) is 3.55. The number of hydrogen-bond acceptors (Lipinski definition) is 4. The van der Waals surface area contributed by atoms with E-state index in [2.05, 4.69) is 43.1 Å². The quantitative estimate of drug-likeness (QED) is 0.888. The van der Waals surface area contributed by atoms with Gasteiger partial charge in [0, 0.05) is 32.2 Å². The zero-order valence-corrected chi connectivity index (χ0v) is 13.9. The van der Waals surface area contributed by atoms with Gasteiger partial charge in [-0.05, 0) is 26.0 Å². The predicted molar refractivity (Wildman–Crippen MR) is 85.5 cm³/mol. The van der Waals surface area contributed by atoms with Crippen molar-refractivity contribution in [2.24, 2.45) is 7.05 Å². The van der Waals surface area contributed by atoms with Gasteiger partial charge in [0.25, 0.3) is 0 Å². The molecular formula is C16H26N4O. The van der Waals surface area contributed by atoms with Crippen LogP contribution in [0.1, 0.15) is 36.6 Å². The van der Waals surface area contributed by atoms with E-state index in [4.69, 9.17) is 4.42 Å². The molecule has 2 heterocycles. The summed E-state index contributed by atoms with van der Waals surface area (Å²) in [5.41, 5.74) is 2.32. The van der Waals surface area contributed by atoms with E-state index in [0.29, 0.717) is 6.04 Å². The van der Waals surface area contributed by atoms with Crippen LogP contribution in [-0.2, 0) is 20.1 Å². The predicted octanol–water partition coefficient (Wildman–Crippen LogP) is 2.76. The average molecular weight is 290 g/mol. The molecule has 2 aromatic rings. The molecule has 0 aliphatic rings. The Morgan fingerprint density at radius 3 is 2.62 bits per heavy atom. The zero-order chi connectivity index (χ0) is 15.6. The first-order chi connectivity index (χ1) is 9.88. The molecule has 0 spiro atoms. The van der Waals surface area contributed by atoms with Crippen LogP contribution in [0.25, 0.3) is 0 Å². The Hall–Kier alpha value is -1.75. The van der Waals surface area contributed by atoms with Gasteiger partial charge in [-0.2, -0.15) is 5.10 Å². The van der Waals surface area contributed by atoms with E-state index in [1.165, 1.54) is 5.56 Å². The number of furan rings is 1. The Bertz CT molecular complexity index is 597. The Labute approximate surface area is 126 Å². The third kappa shape index (κ3) is 3.67. The highest BCUT2D eigenvalue weighted by molar-refractivity contribution is 5.49. The Kier molecular flexibility index (Phi) is 4.73. The molecule has 0 aliphatic heterocycles. The lowest BCUT2D eigenvalue weighted by Gasteiger charge is -2.20. The minimum atomic E-state index is 0.454. The molecule has 5 nitrogen and oxygen atoms in total. The summed E-state index contributed by atoms with van der Waals surface area (Å²) in [6.45, 7) is 9.90. The summed E-state index contributed by atoms with van der Waals surface area (Å²) in [5, 5.41) is 8.04. The maximum atomic E-state index is 5.67. The van der Waals surface area contributed by atoms with E-state index >= 15 is 0 Å². The van der Waals surface area contributed by atoms with Gasteiger partial charge in [-0.25, -0.2) is 0 Å². The van der Waals surface area contributed by atoms with Crippen molar-refractivity contribution in [3.05, 3.63) is 34.9 Å². The summed E-state index contributed by atoms with van der Waals surface area (Å²) in [5.74, 6) is 3.05. The van der Waals surface area contributed by atoms with E-state index in [9.17, 15) is 0 Å². The molecule has 116 valence electrons. The molecule has 2 aromatic heterocycles. The van der Waals surface area contributed by atoms with E-state index in [-0.39, 0.29) is 0 Å². The first-order valence-electron chi connectivity index (χ1n) is 7.40. The van der Waals surface area contributed by atoms with Crippen LogP contribution in [0, 0.1) is 13.8 Å². The minimum Gasteiger partial charge on any atom is -0.464 e. The zero-order valence-electron chi connectivity index (χ0n) is 13.9. The van der Waals surface area contributed by atoms with Crippen molar-refractivity contribution in [3.63, 3.8) is 0 Å². The molecule has 0 unspecified atom stereocenters. The summed E-state index contributed by atoms with van der Waals surface area (Å²) in [7, 11) is 4.07. The number of nitrogens with zero attached hydrogens (tertiary/aromatic N) is 3. The molecule has 5 heteroatoms. The number of nitrogens with one attached hydrogen (secondary N) is 1. The molecule has 0 atom stereocenters. The molecule has 0 amide bonds. The van der Waals surface area contributed by atoms with Crippen LogP contribution in [0.15, 0.2) is 16.5 Å². The monoisotopic (exact) mass is 290 g/mol. The maximum absolute atomic E-state index is 5.67. The second-order valence-electron chi connectivity index (χ2n) is 5.92.